The fraction of sp³-hybridized carbons (Fsp3) is 0.579. The molecule has 0 bridgehead atoms. The van der Waals surface area contributed by atoms with Crippen molar-refractivity contribution in [2.24, 2.45) is 0 Å². The summed E-state index contributed by atoms with van der Waals surface area (Å²) in [6, 6.07) is 5.85. The molecule has 0 radical (unpaired) electrons. The topological polar surface area (TPSA) is 54.5 Å². The molecule has 1 saturated heterocycles. The van der Waals surface area contributed by atoms with E-state index in [1.54, 1.807) is 11.8 Å². The second kappa shape index (κ2) is 10.1. The monoisotopic (exact) mass is 393 g/mol. The van der Waals surface area contributed by atoms with Crippen LogP contribution in [0.4, 0.5) is 5.13 Å². The molecule has 1 aliphatic rings. The predicted octanol–water partition coefficient (Wildman–Crippen LogP) is 4.24. The van der Waals surface area contributed by atoms with E-state index in [2.05, 4.69) is 15.2 Å². The van der Waals surface area contributed by atoms with Gasteiger partial charge in [0.25, 0.3) is 0 Å². The number of nitrogens with zero attached hydrogens (tertiary/aromatic N) is 2. The molecule has 1 fully saturated rings. The van der Waals surface area contributed by atoms with E-state index >= 15 is 0 Å². The minimum absolute atomic E-state index is 0.0231. The SMILES string of the molecule is CCOc1ccc2sc(NC(=O)CSCCN3CCCCCC3)nc2c1. The Morgan fingerprint density at radius 2 is 2.12 bits per heavy atom. The maximum absolute atomic E-state index is 12.2. The number of thiazole rings is 1. The minimum atomic E-state index is 0.0231. The van der Waals surface area contributed by atoms with E-state index in [9.17, 15) is 4.79 Å². The van der Waals surface area contributed by atoms with E-state index in [4.69, 9.17) is 4.74 Å². The summed E-state index contributed by atoms with van der Waals surface area (Å²) in [4.78, 5) is 19.2. The van der Waals surface area contributed by atoms with Crippen LogP contribution < -0.4 is 10.1 Å². The normalized spacial score (nSPS) is 15.7. The summed E-state index contributed by atoms with van der Waals surface area (Å²) in [5.74, 6) is 2.32. The van der Waals surface area contributed by atoms with Crippen LogP contribution in [-0.2, 0) is 4.79 Å². The molecule has 142 valence electrons. The van der Waals surface area contributed by atoms with Crippen molar-refractivity contribution in [1.82, 2.24) is 9.88 Å². The lowest BCUT2D eigenvalue weighted by molar-refractivity contribution is -0.113. The third-order valence-electron chi connectivity index (χ3n) is 4.40. The summed E-state index contributed by atoms with van der Waals surface area (Å²) in [6.07, 6.45) is 5.35. The summed E-state index contributed by atoms with van der Waals surface area (Å²) in [5.41, 5.74) is 0.866. The number of carbonyl (C=O) groups is 1. The van der Waals surface area contributed by atoms with Crippen LogP contribution in [0.25, 0.3) is 10.2 Å². The molecule has 0 spiro atoms. The number of ether oxygens (including phenoxy) is 1. The van der Waals surface area contributed by atoms with Crippen LogP contribution in [0.15, 0.2) is 18.2 Å². The van der Waals surface area contributed by atoms with Gasteiger partial charge in [0.1, 0.15) is 5.75 Å². The summed E-state index contributed by atoms with van der Waals surface area (Å²) in [5, 5.41) is 3.58. The summed E-state index contributed by atoms with van der Waals surface area (Å²) < 4.78 is 6.55. The molecule has 2 aromatic rings. The zero-order valence-corrected chi connectivity index (χ0v) is 17.0. The summed E-state index contributed by atoms with van der Waals surface area (Å²) in [6.45, 7) is 6.10. The van der Waals surface area contributed by atoms with Gasteiger partial charge in [0.05, 0.1) is 22.6 Å². The number of nitrogens with one attached hydrogen (secondary N) is 1. The molecule has 0 aliphatic carbocycles. The Labute approximate surface area is 163 Å². The number of rotatable bonds is 8. The Morgan fingerprint density at radius 3 is 2.88 bits per heavy atom. The van der Waals surface area contributed by atoms with Gasteiger partial charge < -0.3 is 15.0 Å². The van der Waals surface area contributed by atoms with Crippen molar-refractivity contribution in [3.63, 3.8) is 0 Å². The van der Waals surface area contributed by atoms with Gasteiger partial charge in [-0.05, 0) is 45.0 Å². The van der Waals surface area contributed by atoms with Crippen molar-refractivity contribution in [3.8, 4) is 5.75 Å². The molecule has 2 heterocycles. The van der Waals surface area contributed by atoms with Gasteiger partial charge in [0, 0.05) is 18.4 Å². The first-order valence-corrected chi connectivity index (χ1v) is 11.3. The average Bonchev–Trinajstić information content (AvgIpc) is 2.84. The predicted molar refractivity (Wildman–Crippen MR) is 112 cm³/mol. The van der Waals surface area contributed by atoms with Gasteiger partial charge in [-0.25, -0.2) is 4.98 Å². The van der Waals surface area contributed by atoms with Crippen molar-refractivity contribution in [2.45, 2.75) is 32.6 Å². The number of aromatic nitrogens is 1. The quantitative estimate of drug-likeness (QED) is 0.680. The van der Waals surface area contributed by atoms with Gasteiger partial charge in [-0.1, -0.05) is 24.2 Å². The fourth-order valence-electron chi connectivity index (χ4n) is 3.09. The summed E-state index contributed by atoms with van der Waals surface area (Å²) in [7, 11) is 0. The van der Waals surface area contributed by atoms with Gasteiger partial charge in [0.2, 0.25) is 5.91 Å². The Hall–Kier alpha value is -1.31. The van der Waals surface area contributed by atoms with Crippen LogP contribution in [-0.4, -0.2) is 53.5 Å². The highest BCUT2D eigenvalue weighted by Crippen LogP contribution is 2.29. The first-order valence-electron chi connectivity index (χ1n) is 9.38. The zero-order valence-electron chi connectivity index (χ0n) is 15.3. The molecule has 1 aliphatic heterocycles. The number of amides is 1. The number of likely N-dealkylation sites (tertiary alicyclic amines) is 1. The maximum Gasteiger partial charge on any atom is 0.236 e. The van der Waals surface area contributed by atoms with Gasteiger partial charge in [-0.3, -0.25) is 4.79 Å². The molecule has 0 atom stereocenters. The Bertz CT molecular complexity index is 712. The molecule has 5 nitrogen and oxygen atoms in total. The zero-order chi connectivity index (χ0) is 18.2. The Kier molecular flexibility index (Phi) is 7.58. The number of thioether (sulfide) groups is 1. The van der Waals surface area contributed by atoms with E-state index in [0.29, 0.717) is 17.5 Å². The highest BCUT2D eigenvalue weighted by molar-refractivity contribution is 7.99. The number of benzene rings is 1. The number of anilines is 1. The van der Waals surface area contributed by atoms with Crippen LogP contribution in [0.3, 0.4) is 0 Å². The van der Waals surface area contributed by atoms with Gasteiger partial charge in [-0.2, -0.15) is 11.8 Å². The van der Waals surface area contributed by atoms with E-state index in [1.807, 2.05) is 25.1 Å². The molecular formula is C19H27N3O2S2. The van der Waals surface area contributed by atoms with Crippen LogP contribution in [0.1, 0.15) is 32.6 Å². The Balaban J connectivity index is 1.42. The molecule has 1 N–H and O–H groups in total. The Morgan fingerprint density at radius 1 is 1.31 bits per heavy atom. The number of fused-ring (bicyclic) bond motifs is 1. The van der Waals surface area contributed by atoms with Crippen LogP contribution in [0.5, 0.6) is 5.75 Å². The lowest BCUT2D eigenvalue weighted by atomic mass is 10.2. The van der Waals surface area contributed by atoms with Crippen molar-refractivity contribution < 1.29 is 9.53 Å². The van der Waals surface area contributed by atoms with E-state index in [1.165, 1.54) is 50.1 Å². The molecule has 0 unspecified atom stereocenters. The first-order chi connectivity index (χ1) is 12.7. The molecule has 0 saturated carbocycles. The average molecular weight is 394 g/mol. The molecule has 26 heavy (non-hydrogen) atoms. The maximum atomic E-state index is 12.2. The van der Waals surface area contributed by atoms with Crippen LogP contribution in [0, 0.1) is 0 Å². The van der Waals surface area contributed by atoms with Gasteiger partial charge in [0.15, 0.2) is 5.13 Å². The molecule has 1 aromatic heterocycles. The van der Waals surface area contributed by atoms with Crippen LogP contribution >= 0.6 is 23.1 Å². The van der Waals surface area contributed by atoms with Crippen molar-refractivity contribution in [1.29, 1.82) is 0 Å². The third kappa shape index (κ3) is 5.86. The molecule has 1 amide bonds. The highest BCUT2D eigenvalue weighted by Gasteiger charge is 2.11. The summed E-state index contributed by atoms with van der Waals surface area (Å²) >= 11 is 3.20. The van der Waals surface area contributed by atoms with E-state index < -0.39 is 0 Å². The van der Waals surface area contributed by atoms with Crippen molar-refractivity contribution in [2.75, 3.05) is 43.1 Å². The molecule has 7 heteroatoms. The second-order valence-corrected chi connectivity index (χ2v) is 8.57. The smallest absolute Gasteiger partial charge is 0.236 e. The number of carbonyl (C=O) groups excluding carboxylic acids is 1. The minimum Gasteiger partial charge on any atom is -0.494 e. The van der Waals surface area contributed by atoms with Crippen molar-refractivity contribution >= 4 is 44.4 Å². The van der Waals surface area contributed by atoms with Gasteiger partial charge in [-0.15, -0.1) is 0 Å². The number of hydrogen-bond donors (Lipinski definition) is 1. The third-order valence-corrected chi connectivity index (χ3v) is 6.29. The lowest BCUT2D eigenvalue weighted by Crippen LogP contribution is -2.27. The van der Waals surface area contributed by atoms with Gasteiger partial charge >= 0.3 is 0 Å². The number of hydrogen-bond acceptors (Lipinski definition) is 6. The fourth-order valence-corrected chi connectivity index (χ4v) is 4.74. The standard InChI is InChI=1S/C19H27N3O2S2/c1-2-24-15-7-8-17-16(13-15)20-19(26-17)21-18(23)14-25-12-11-22-9-5-3-4-6-10-22/h7-8,13H,2-6,9-12,14H2,1H3,(H,20,21,23). The first kappa shape index (κ1) is 19.5. The largest absolute Gasteiger partial charge is 0.494 e. The van der Waals surface area contributed by atoms with E-state index in [0.717, 1.165) is 28.3 Å². The van der Waals surface area contributed by atoms with E-state index in [-0.39, 0.29) is 5.91 Å². The van der Waals surface area contributed by atoms with Crippen LogP contribution in [0.2, 0.25) is 0 Å². The highest BCUT2D eigenvalue weighted by atomic mass is 32.2. The molecule has 1 aromatic carbocycles. The second-order valence-electron chi connectivity index (χ2n) is 6.44. The molecule has 3 rings (SSSR count). The van der Waals surface area contributed by atoms with Crippen molar-refractivity contribution in [3.05, 3.63) is 18.2 Å². The molecular weight excluding hydrogens is 366 g/mol. The lowest BCUT2D eigenvalue weighted by Gasteiger charge is -2.18.